The van der Waals surface area contributed by atoms with Gasteiger partial charge in [-0.1, -0.05) is 30.3 Å². The quantitative estimate of drug-likeness (QED) is 0.743. The summed E-state index contributed by atoms with van der Waals surface area (Å²) in [5, 5.41) is 25.5. The molecule has 0 aromatic heterocycles. The van der Waals surface area contributed by atoms with Gasteiger partial charge in [0.2, 0.25) is 0 Å². The van der Waals surface area contributed by atoms with E-state index in [0.717, 1.165) is 24.3 Å². The molecule has 1 amide bonds. The molecular formula is C21H19F3N2O4. The molecule has 0 fully saturated rings. The van der Waals surface area contributed by atoms with Crippen LogP contribution in [-0.4, -0.2) is 27.8 Å². The van der Waals surface area contributed by atoms with E-state index in [9.17, 15) is 33.0 Å². The minimum absolute atomic E-state index is 0.0235. The second-order valence-corrected chi connectivity index (χ2v) is 7.02. The van der Waals surface area contributed by atoms with E-state index in [1.54, 1.807) is 37.3 Å². The summed E-state index contributed by atoms with van der Waals surface area (Å²) in [4.78, 5) is 24.6. The van der Waals surface area contributed by atoms with Crippen LogP contribution in [0.25, 0.3) is 0 Å². The van der Waals surface area contributed by atoms with Crippen LogP contribution in [0.4, 0.5) is 18.9 Å². The highest BCUT2D eigenvalue weighted by Gasteiger charge is 2.40. The number of rotatable bonds is 6. The maximum absolute atomic E-state index is 12.8. The average molecular weight is 420 g/mol. The molecule has 2 aromatic carbocycles. The van der Waals surface area contributed by atoms with Crippen molar-refractivity contribution in [2.45, 2.75) is 25.6 Å². The van der Waals surface area contributed by atoms with E-state index in [1.807, 2.05) is 0 Å². The minimum atomic E-state index is -4.54. The first-order chi connectivity index (χ1) is 14.1. The van der Waals surface area contributed by atoms with Crippen LogP contribution in [0.1, 0.15) is 30.6 Å². The zero-order valence-electron chi connectivity index (χ0n) is 15.9. The number of aliphatic hydroxyl groups excluding tert-OH is 1. The predicted octanol–water partition coefficient (Wildman–Crippen LogP) is 3.87. The first kappa shape index (κ1) is 21.5. The fourth-order valence-corrected chi connectivity index (χ4v) is 3.35. The number of para-hydroxylation sites is 1. The Morgan fingerprint density at radius 1 is 1.13 bits per heavy atom. The van der Waals surface area contributed by atoms with Gasteiger partial charge in [0.1, 0.15) is 0 Å². The fourth-order valence-electron chi connectivity index (χ4n) is 3.35. The highest BCUT2D eigenvalue weighted by molar-refractivity contribution is 6.14. The van der Waals surface area contributed by atoms with Crippen molar-refractivity contribution in [2.75, 3.05) is 5.01 Å². The van der Waals surface area contributed by atoms with E-state index in [1.165, 1.54) is 5.01 Å². The molecule has 158 valence electrons. The van der Waals surface area contributed by atoms with Gasteiger partial charge in [-0.25, -0.2) is 5.01 Å². The summed E-state index contributed by atoms with van der Waals surface area (Å²) in [5.41, 5.74) is 0.0439. The minimum Gasteiger partial charge on any atom is -0.481 e. The molecule has 3 unspecified atom stereocenters. The second kappa shape index (κ2) is 8.27. The lowest BCUT2D eigenvalue weighted by Gasteiger charge is -2.22. The number of carbonyl (C=O) groups is 2. The zero-order valence-corrected chi connectivity index (χ0v) is 15.9. The van der Waals surface area contributed by atoms with Crippen LogP contribution in [0, 0.1) is 11.8 Å². The van der Waals surface area contributed by atoms with E-state index in [2.05, 4.69) is 5.10 Å². The van der Waals surface area contributed by atoms with Gasteiger partial charge in [-0.15, -0.1) is 0 Å². The Morgan fingerprint density at radius 3 is 2.27 bits per heavy atom. The second-order valence-electron chi connectivity index (χ2n) is 7.02. The lowest BCUT2D eigenvalue weighted by Crippen LogP contribution is -2.32. The first-order valence-corrected chi connectivity index (χ1v) is 9.11. The molecule has 2 aromatic rings. The molecular weight excluding hydrogens is 401 g/mol. The average Bonchev–Trinajstić information content (AvgIpc) is 2.99. The highest BCUT2D eigenvalue weighted by Crippen LogP contribution is 2.35. The molecule has 30 heavy (non-hydrogen) atoms. The Bertz CT molecular complexity index is 958. The number of anilines is 1. The molecule has 0 saturated heterocycles. The molecule has 9 heteroatoms. The number of carbonyl (C=O) groups excluding carboxylic acids is 1. The van der Waals surface area contributed by atoms with Crippen LogP contribution >= 0.6 is 0 Å². The number of hydrogen-bond acceptors (Lipinski definition) is 4. The monoisotopic (exact) mass is 420 g/mol. The van der Waals surface area contributed by atoms with Gasteiger partial charge in [-0.05, 0) is 43.2 Å². The van der Waals surface area contributed by atoms with Crippen LogP contribution < -0.4 is 5.01 Å². The van der Waals surface area contributed by atoms with Gasteiger partial charge in [0.05, 0.1) is 29.2 Å². The summed E-state index contributed by atoms with van der Waals surface area (Å²) in [6.45, 7) is 1.59. The third-order valence-corrected chi connectivity index (χ3v) is 5.04. The maximum Gasteiger partial charge on any atom is 0.416 e. The van der Waals surface area contributed by atoms with Crippen molar-refractivity contribution in [2.24, 2.45) is 16.9 Å². The molecule has 0 aliphatic carbocycles. The van der Waals surface area contributed by atoms with Gasteiger partial charge in [0, 0.05) is 5.71 Å². The Kier molecular flexibility index (Phi) is 5.93. The summed E-state index contributed by atoms with van der Waals surface area (Å²) < 4.78 is 38.2. The van der Waals surface area contributed by atoms with Gasteiger partial charge < -0.3 is 10.2 Å². The number of aliphatic carboxylic acids is 1. The third-order valence-electron chi connectivity index (χ3n) is 5.04. The number of halogens is 3. The van der Waals surface area contributed by atoms with Gasteiger partial charge in [0.25, 0.3) is 5.91 Å². The topological polar surface area (TPSA) is 90.2 Å². The molecule has 3 rings (SSSR count). The summed E-state index contributed by atoms with van der Waals surface area (Å²) in [6.07, 6.45) is -6.37. The summed E-state index contributed by atoms with van der Waals surface area (Å²) >= 11 is 0. The molecule has 0 spiro atoms. The number of alkyl halides is 3. The molecule has 0 saturated carbocycles. The van der Waals surface area contributed by atoms with E-state index in [4.69, 9.17) is 0 Å². The van der Waals surface area contributed by atoms with Crippen LogP contribution in [0.5, 0.6) is 0 Å². The number of hydrogen-bond donors (Lipinski definition) is 2. The van der Waals surface area contributed by atoms with Crippen molar-refractivity contribution < 1.29 is 33.0 Å². The van der Waals surface area contributed by atoms with Crippen LogP contribution in [0.2, 0.25) is 0 Å². The van der Waals surface area contributed by atoms with E-state index >= 15 is 0 Å². The highest BCUT2D eigenvalue weighted by atomic mass is 19.4. The standard InChI is InChI=1S/C21H19F3N2O4/c1-12-16(19(28)26(25-12)15-5-3-2-4-6-15)11-17(20(29)30)18(27)13-7-9-14(10-8-13)21(22,23)24/h2-10,16-18,27H,11H2,1H3,(H,29,30). The number of hydrazone groups is 1. The van der Waals surface area contributed by atoms with E-state index in [0.29, 0.717) is 11.4 Å². The number of amides is 1. The number of nitrogens with zero attached hydrogens (tertiary/aromatic N) is 2. The SMILES string of the molecule is CC1=NN(c2ccccc2)C(=O)C1CC(C(=O)O)C(O)c1ccc(C(F)(F)F)cc1. The third kappa shape index (κ3) is 4.35. The lowest BCUT2D eigenvalue weighted by atomic mass is 9.85. The molecule has 6 nitrogen and oxygen atoms in total. The molecule has 3 atom stereocenters. The largest absolute Gasteiger partial charge is 0.481 e. The molecule has 1 aliphatic heterocycles. The summed E-state index contributed by atoms with van der Waals surface area (Å²) in [5.74, 6) is -4.06. The normalized spacial score (nSPS) is 18.8. The molecule has 1 aliphatic rings. The predicted molar refractivity (Wildman–Crippen MR) is 103 cm³/mol. The Labute approximate surface area is 170 Å². The van der Waals surface area contributed by atoms with Crippen molar-refractivity contribution >= 4 is 23.3 Å². The molecule has 0 radical (unpaired) electrons. The smallest absolute Gasteiger partial charge is 0.416 e. The molecule has 2 N–H and O–H groups in total. The first-order valence-electron chi connectivity index (χ1n) is 9.11. The Morgan fingerprint density at radius 2 is 1.73 bits per heavy atom. The summed E-state index contributed by atoms with van der Waals surface area (Å²) in [7, 11) is 0. The number of aliphatic hydroxyl groups is 1. The van der Waals surface area contributed by atoms with Gasteiger partial charge in [0.15, 0.2) is 0 Å². The zero-order chi connectivity index (χ0) is 22.1. The van der Waals surface area contributed by atoms with Gasteiger partial charge in [-0.3, -0.25) is 9.59 Å². The van der Waals surface area contributed by atoms with Crippen LogP contribution in [-0.2, 0) is 15.8 Å². The molecule has 0 bridgehead atoms. The Balaban J connectivity index is 1.80. The van der Waals surface area contributed by atoms with Gasteiger partial charge >= 0.3 is 12.1 Å². The maximum atomic E-state index is 12.8. The lowest BCUT2D eigenvalue weighted by molar-refractivity contribution is -0.147. The van der Waals surface area contributed by atoms with Crippen molar-refractivity contribution in [3.05, 3.63) is 65.7 Å². The van der Waals surface area contributed by atoms with Crippen LogP contribution in [0.15, 0.2) is 59.7 Å². The molecule has 1 heterocycles. The van der Waals surface area contributed by atoms with E-state index in [-0.39, 0.29) is 12.0 Å². The van der Waals surface area contributed by atoms with Crippen LogP contribution in [0.3, 0.4) is 0 Å². The van der Waals surface area contributed by atoms with Crippen molar-refractivity contribution in [3.8, 4) is 0 Å². The van der Waals surface area contributed by atoms with Gasteiger partial charge in [-0.2, -0.15) is 18.3 Å². The van der Waals surface area contributed by atoms with Crippen molar-refractivity contribution in [3.63, 3.8) is 0 Å². The number of carboxylic acids is 1. The Hall–Kier alpha value is -3.20. The fraction of sp³-hybridized carbons (Fsp3) is 0.286. The summed E-state index contributed by atoms with van der Waals surface area (Å²) in [6, 6.07) is 12.2. The number of carboxylic acid groups (broad SMARTS) is 1. The van der Waals surface area contributed by atoms with Crippen molar-refractivity contribution in [1.29, 1.82) is 0 Å². The van der Waals surface area contributed by atoms with E-state index < -0.39 is 41.6 Å². The number of benzene rings is 2. The van der Waals surface area contributed by atoms with Crippen molar-refractivity contribution in [1.82, 2.24) is 0 Å².